The molecule has 0 spiro atoms. The molecule has 1 aliphatic carbocycles. The van der Waals surface area contributed by atoms with Crippen molar-refractivity contribution in [2.24, 2.45) is 0 Å². The predicted octanol–water partition coefficient (Wildman–Crippen LogP) is 6.16. The Bertz CT molecular complexity index is 877. The third-order valence-electron chi connectivity index (χ3n) is 4.85. The average molecular weight is 387 g/mol. The number of hydrogen-bond acceptors (Lipinski definition) is 1. The van der Waals surface area contributed by atoms with E-state index in [1.54, 1.807) is 0 Å². The van der Waals surface area contributed by atoms with Gasteiger partial charge in [0.2, 0.25) is 0 Å². The van der Waals surface area contributed by atoms with Gasteiger partial charge in [0.15, 0.2) is 0 Å². The van der Waals surface area contributed by atoms with Gasteiger partial charge in [0.1, 0.15) is 0 Å². The molecule has 0 amide bonds. The van der Waals surface area contributed by atoms with Crippen LogP contribution in [0.4, 0.5) is 0 Å². The largest absolute Gasteiger partial charge is 0.114 e. The summed E-state index contributed by atoms with van der Waals surface area (Å²) in [4.78, 5) is 1.33. The van der Waals surface area contributed by atoms with Crippen molar-refractivity contribution in [3.63, 3.8) is 0 Å². The van der Waals surface area contributed by atoms with E-state index >= 15 is 0 Å². The van der Waals surface area contributed by atoms with Gasteiger partial charge in [-0.05, 0) is 36.2 Å². The highest BCUT2D eigenvalue weighted by Crippen LogP contribution is 2.47. The fraction of sp³-hybridized carbons (Fsp3) is 0.120. The molecule has 1 aliphatic rings. The van der Waals surface area contributed by atoms with Crippen LogP contribution in [0.3, 0.4) is 0 Å². The first-order valence-electron chi connectivity index (χ1n) is 9.32. The minimum absolute atomic E-state index is 0.417. The summed E-state index contributed by atoms with van der Waals surface area (Å²) in [5.74, 6) is 0. The van der Waals surface area contributed by atoms with E-state index in [1.165, 1.54) is 21.1 Å². The average Bonchev–Trinajstić information content (AvgIpc) is 3.19. The third-order valence-corrected chi connectivity index (χ3v) is 8.86. The number of rotatable bonds is 6. The Morgan fingerprint density at radius 2 is 1.26 bits per heavy atom. The second-order valence-electron chi connectivity index (χ2n) is 6.62. The van der Waals surface area contributed by atoms with Gasteiger partial charge in [-0.15, -0.1) is 11.8 Å². The molecular formula is C25H23PS. The molecule has 134 valence electrons. The highest BCUT2D eigenvalue weighted by molar-refractivity contribution is 8.00. The van der Waals surface area contributed by atoms with Gasteiger partial charge in [0.25, 0.3) is 0 Å². The van der Waals surface area contributed by atoms with Crippen LogP contribution in [0.5, 0.6) is 0 Å². The van der Waals surface area contributed by atoms with Crippen LogP contribution in [0.2, 0.25) is 0 Å². The molecule has 0 N–H and O–H groups in total. The molecule has 4 rings (SSSR count). The van der Waals surface area contributed by atoms with Gasteiger partial charge in [-0.25, -0.2) is 0 Å². The monoisotopic (exact) mass is 386 g/mol. The van der Waals surface area contributed by atoms with E-state index in [-0.39, 0.29) is 0 Å². The number of allylic oxidation sites excluding steroid dienone is 2. The Hall–Kier alpha value is -2.08. The Labute approximate surface area is 167 Å². The summed E-state index contributed by atoms with van der Waals surface area (Å²) in [6.07, 6.45) is 6.91. The lowest BCUT2D eigenvalue weighted by Crippen LogP contribution is -2.23. The molecule has 0 radical (unpaired) electrons. The number of hydrogen-bond donors (Lipinski definition) is 0. The zero-order chi connectivity index (χ0) is 18.5. The summed E-state index contributed by atoms with van der Waals surface area (Å²) < 4.78 is 0. The van der Waals surface area contributed by atoms with E-state index in [0.29, 0.717) is 10.9 Å². The van der Waals surface area contributed by atoms with Crippen LogP contribution in [0.25, 0.3) is 0 Å². The smallest absolute Gasteiger partial charge is 0.0496 e. The standard InChI is InChI=1S/C25H23PS/c1-20(24-18-11-19-25(24)27-23-16-9-4-10-17-23)26(21-12-5-2-6-13-21)22-14-7-3-8-15-22/h2-20,25H,1H3/t20-,25?/m0/s1. The molecule has 0 bridgehead atoms. The van der Waals surface area contributed by atoms with Crippen molar-refractivity contribution in [2.75, 3.05) is 0 Å². The lowest BCUT2D eigenvalue weighted by molar-refractivity contribution is 1.07. The zero-order valence-electron chi connectivity index (χ0n) is 15.4. The second-order valence-corrected chi connectivity index (χ2v) is 10.4. The molecule has 0 aliphatic heterocycles. The van der Waals surface area contributed by atoms with Gasteiger partial charge >= 0.3 is 0 Å². The highest BCUT2D eigenvalue weighted by atomic mass is 32.2. The van der Waals surface area contributed by atoms with Crippen LogP contribution in [0, 0.1) is 0 Å². The molecule has 0 aromatic heterocycles. The van der Waals surface area contributed by atoms with E-state index in [0.717, 1.165) is 0 Å². The predicted molar refractivity (Wildman–Crippen MR) is 122 cm³/mol. The first kappa shape index (κ1) is 18.3. The van der Waals surface area contributed by atoms with Crippen molar-refractivity contribution >= 4 is 30.3 Å². The Balaban J connectivity index is 1.64. The van der Waals surface area contributed by atoms with Crippen molar-refractivity contribution in [2.45, 2.75) is 22.7 Å². The van der Waals surface area contributed by atoms with Crippen molar-refractivity contribution in [3.05, 3.63) is 115 Å². The molecule has 0 heterocycles. The van der Waals surface area contributed by atoms with Crippen molar-refractivity contribution in [3.8, 4) is 0 Å². The molecular weight excluding hydrogens is 363 g/mol. The first-order valence-corrected chi connectivity index (χ1v) is 11.6. The Kier molecular flexibility index (Phi) is 5.92. The summed E-state index contributed by atoms with van der Waals surface area (Å²) in [6, 6.07) is 32.8. The van der Waals surface area contributed by atoms with Gasteiger partial charge in [0.05, 0.1) is 0 Å². The molecule has 1 unspecified atom stereocenters. The Morgan fingerprint density at radius 3 is 1.81 bits per heavy atom. The van der Waals surface area contributed by atoms with E-state index in [1.807, 2.05) is 11.8 Å². The summed E-state index contributed by atoms with van der Waals surface area (Å²) in [6.45, 7) is 2.41. The van der Waals surface area contributed by atoms with Gasteiger partial charge in [-0.1, -0.05) is 104 Å². The quantitative estimate of drug-likeness (QED) is 0.457. The van der Waals surface area contributed by atoms with Crippen LogP contribution < -0.4 is 10.6 Å². The molecule has 0 saturated heterocycles. The number of thioether (sulfide) groups is 1. The van der Waals surface area contributed by atoms with Gasteiger partial charge in [-0.3, -0.25) is 0 Å². The summed E-state index contributed by atoms with van der Waals surface area (Å²) in [7, 11) is -0.446. The SMILES string of the molecule is C[C@@H](C1=CC=CC1Sc1ccccc1)P(c1ccccc1)c1ccccc1. The Morgan fingerprint density at radius 1 is 0.741 bits per heavy atom. The van der Waals surface area contributed by atoms with E-state index < -0.39 is 7.92 Å². The molecule has 0 nitrogen and oxygen atoms in total. The summed E-state index contributed by atoms with van der Waals surface area (Å²) in [5, 5.41) is 3.31. The maximum atomic E-state index is 2.41. The molecule has 2 atom stereocenters. The summed E-state index contributed by atoms with van der Waals surface area (Å²) >= 11 is 1.95. The number of benzene rings is 3. The van der Waals surface area contributed by atoms with Gasteiger partial charge in [0, 0.05) is 15.8 Å². The molecule has 2 heteroatoms. The maximum Gasteiger partial charge on any atom is 0.0496 e. The zero-order valence-corrected chi connectivity index (χ0v) is 17.1. The molecule has 3 aromatic rings. The van der Waals surface area contributed by atoms with Gasteiger partial charge in [-0.2, -0.15) is 0 Å². The molecule has 27 heavy (non-hydrogen) atoms. The van der Waals surface area contributed by atoms with Crippen molar-refractivity contribution in [1.82, 2.24) is 0 Å². The van der Waals surface area contributed by atoms with Crippen molar-refractivity contribution in [1.29, 1.82) is 0 Å². The molecule has 3 aromatic carbocycles. The van der Waals surface area contributed by atoms with Crippen LogP contribution in [0.15, 0.2) is 120 Å². The minimum atomic E-state index is -0.446. The van der Waals surface area contributed by atoms with E-state index in [4.69, 9.17) is 0 Å². The highest BCUT2D eigenvalue weighted by Gasteiger charge is 2.29. The summed E-state index contributed by atoms with van der Waals surface area (Å²) in [5.41, 5.74) is 2.02. The fourth-order valence-electron chi connectivity index (χ4n) is 3.53. The van der Waals surface area contributed by atoms with Crippen molar-refractivity contribution < 1.29 is 0 Å². The maximum absolute atomic E-state index is 2.41. The van der Waals surface area contributed by atoms with Crippen LogP contribution >= 0.6 is 19.7 Å². The second kappa shape index (κ2) is 8.74. The van der Waals surface area contributed by atoms with Crippen LogP contribution in [-0.2, 0) is 0 Å². The van der Waals surface area contributed by atoms with Gasteiger partial charge < -0.3 is 0 Å². The first-order chi connectivity index (χ1) is 13.3. The lowest BCUT2D eigenvalue weighted by atomic mass is 10.2. The normalized spacial score (nSPS) is 17.1. The lowest BCUT2D eigenvalue weighted by Gasteiger charge is -2.29. The minimum Gasteiger partial charge on any atom is -0.114 e. The fourth-order valence-corrected chi connectivity index (χ4v) is 7.55. The molecule has 0 saturated carbocycles. The van der Waals surface area contributed by atoms with E-state index in [2.05, 4.69) is 116 Å². The van der Waals surface area contributed by atoms with E-state index in [9.17, 15) is 0 Å². The molecule has 0 fully saturated rings. The van der Waals surface area contributed by atoms with Crippen LogP contribution in [0.1, 0.15) is 6.92 Å². The topological polar surface area (TPSA) is 0 Å². The third kappa shape index (κ3) is 4.26. The van der Waals surface area contributed by atoms with Crippen LogP contribution in [-0.4, -0.2) is 10.9 Å².